The van der Waals surface area contributed by atoms with Gasteiger partial charge >= 0.3 is 0 Å². The quantitative estimate of drug-likeness (QED) is 0.707. The summed E-state index contributed by atoms with van der Waals surface area (Å²) in [5.74, 6) is 0.0380. The zero-order chi connectivity index (χ0) is 20.7. The summed E-state index contributed by atoms with van der Waals surface area (Å²) in [6, 6.07) is 16.5. The van der Waals surface area contributed by atoms with Crippen LogP contribution in [-0.4, -0.2) is 51.5 Å². The van der Waals surface area contributed by atoms with E-state index in [0.29, 0.717) is 32.8 Å². The molecule has 1 N–H and O–H groups in total. The van der Waals surface area contributed by atoms with E-state index in [9.17, 15) is 13.2 Å². The van der Waals surface area contributed by atoms with Crippen LogP contribution in [0.25, 0.3) is 6.08 Å². The summed E-state index contributed by atoms with van der Waals surface area (Å²) in [6.45, 7) is 4.17. The Balaban J connectivity index is 1.54. The van der Waals surface area contributed by atoms with E-state index >= 15 is 0 Å². The number of sulfonamides is 1. The van der Waals surface area contributed by atoms with Crippen LogP contribution < -0.4 is 5.32 Å². The molecule has 1 saturated heterocycles. The second kappa shape index (κ2) is 9.82. The highest BCUT2D eigenvalue weighted by atomic mass is 32.2. The number of benzene rings is 2. The first kappa shape index (κ1) is 21.2. The summed E-state index contributed by atoms with van der Waals surface area (Å²) in [4.78, 5) is 12.3. The highest BCUT2D eigenvalue weighted by molar-refractivity contribution is 7.89. The number of nitrogens with zero attached hydrogens (tertiary/aromatic N) is 1. The first-order valence-corrected chi connectivity index (χ1v) is 11.1. The van der Waals surface area contributed by atoms with Gasteiger partial charge in [-0.05, 0) is 35.3 Å². The molecule has 0 bridgehead atoms. The normalized spacial score (nSPS) is 16.6. The van der Waals surface area contributed by atoms with Crippen molar-refractivity contribution in [3.63, 3.8) is 0 Å². The Morgan fingerprint density at radius 1 is 1.10 bits per heavy atom. The lowest BCUT2D eigenvalue weighted by atomic mass is 10.0. The average molecular weight is 415 g/mol. The third-order valence-corrected chi connectivity index (χ3v) is 6.78. The first-order valence-electron chi connectivity index (χ1n) is 9.65. The van der Waals surface area contributed by atoms with Crippen molar-refractivity contribution in [2.24, 2.45) is 0 Å². The molecule has 0 aliphatic carbocycles. The molecule has 0 aromatic heterocycles. The number of hydrogen-bond acceptors (Lipinski definition) is 4. The lowest BCUT2D eigenvalue weighted by Crippen LogP contribution is -2.40. The maximum Gasteiger partial charge on any atom is 0.244 e. The van der Waals surface area contributed by atoms with Crippen molar-refractivity contribution >= 4 is 22.0 Å². The van der Waals surface area contributed by atoms with Crippen LogP contribution in [0.2, 0.25) is 0 Å². The van der Waals surface area contributed by atoms with E-state index in [1.54, 1.807) is 30.3 Å². The highest BCUT2D eigenvalue weighted by Crippen LogP contribution is 2.18. The van der Waals surface area contributed by atoms with Crippen LogP contribution in [-0.2, 0) is 19.6 Å². The van der Waals surface area contributed by atoms with Crippen LogP contribution in [0.5, 0.6) is 0 Å². The molecular formula is C22H26N2O4S. The molecule has 1 unspecified atom stereocenters. The van der Waals surface area contributed by atoms with Crippen LogP contribution in [0, 0.1) is 0 Å². The van der Waals surface area contributed by atoms with Gasteiger partial charge in [-0.25, -0.2) is 8.42 Å². The van der Waals surface area contributed by atoms with Gasteiger partial charge in [-0.3, -0.25) is 4.79 Å². The molecule has 29 heavy (non-hydrogen) atoms. The Labute approximate surface area is 172 Å². The molecule has 1 heterocycles. The molecule has 154 valence electrons. The van der Waals surface area contributed by atoms with Crippen molar-refractivity contribution in [2.75, 3.05) is 32.8 Å². The largest absolute Gasteiger partial charge is 0.379 e. The van der Waals surface area contributed by atoms with Gasteiger partial charge < -0.3 is 10.1 Å². The second-order valence-electron chi connectivity index (χ2n) is 6.98. The Morgan fingerprint density at radius 2 is 1.76 bits per heavy atom. The molecule has 2 aromatic carbocycles. The Hall–Kier alpha value is -2.48. The predicted octanol–water partition coefficient (Wildman–Crippen LogP) is 2.64. The van der Waals surface area contributed by atoms with E-state index in [1.165, 1.54) is 15.9 Å². The number of ether oxygens (including phenoxy) is 1. The molecule has 1 amide bonds. The minimum absolute atomic E-state index is 0.183. The molecule has 0 radical (unpaired) electrons. The Kier molecular flexibility index (Phi) is 7.19. The second-order valence-corrected chi connectivity index (χ2v) is 8.91. The first-order chi connectivity index (χ1) is 14.0. The van der Waals surface area contributed by atoms with Gasteiger partial charge in [-0.1, -0.05) is 49.4 Å². The molecule has 6 nitrogen and oxygen atoms in total. The van der Waals surface area contributed by atoms with Gasteiger partial charge in [0.05, 0.1) is 18.1 Å². The van der Waals surface area contributed by atoms with E-state index < -0.39 is 10.0 Å². The van der Waals surface area contributed by atoms with Crippen molar-refractivity contribution < 1.29 is 17.9 Å². The molecule has 1 fully saturated rings. The van der Waals surface area contributed by atoms with Crippen molar-refractivity contribution in [1.29, 1.82) is 0 Å². The zero-order valence-corrected chi connectivity index (χ0v) is 17.3. The summed E-state index contributed by atoms with van der Waals surface area (Å²) >= 11 is 0. The Bertz CT molecular complexity index is 935. The Morgan fingerprint density at radius 3 is 2.41 bits per heavy atom. The third kappa shape index (κ3) is 5.76. The minimum Gasteiger partial charge on any atom is -0.379 e. The predicted molar refractivity (Wildman–Crippen MR) is 113 cm³/mol. The molecule has 1 aliphatic rings. The summed E-state index contributed by atoms with van der Waals surface area (Å²) in [5.41, 5.74) is 1.94. The van der Waals surface area contributed by atoms with Crippen molar-refractivity contribution in [1.82, 2.24) is 9.62 Å². The van der Waals surface area contributed by atoms with E-state index in [2.05, 4.69) is 12.2 Å². The average Bonchev–Trinajstić information content (AvgIpc) is 2.77. The van der Waals surface area contributed by atoms with Gasteiger partial charge in [0.2, 0.25) is 15.9 Å². The molecular weight excluding hydrogens is 388 g/mol. The van der Waals surface area contributed by atoms with E-state index in [0.717, 1.165) is 5.56 Å². The number of morpholine rings is 1. The molecule has 3 rings (SSSR count). The maximum atomic E-state index is 12.6. The van der Waals surface area contributed by atoms with Crippen LogP contribution in [0.4, 0.5) is 0 Å². The number of amides is 1. The fourth-order valence-corrected chi connectivity index (χ4v) is 4.48. The van der Waals surface area contributed by atoms with Crippen LogP contribution in [0.3, 0.4) is 0 Å². The summed E-state index contributed by atoms with van der Waals surface area (Å²) < 4.78 is 31.9. The summed E-state index contributed by atoms with van der Waals surface area (Å²) in [6.07, 6.45) is 3.14. The topological polar surface area (TPSA) is 75.7 Å². The molecule has 0 saturated carbocycles. The standard InChI is InChI=1S/C22H26N2O4S/c1-18(20-5-3-2-4-6-20)17-23-22(25)12-9-19-7-10-21(11-8-19)29(26,27)24-13-15-28-16-14-24/h2-12,18H,13-17H2,1H3,(H,23,25). The fourth-order valence-electron chi connectivity index (χ4n) is 3.07. The monoisotopic (exact) mass is 414 g/mol. The molecule has 1 aliphatic heterocycles. The minimum atomic E-state index is -3.50. The number of carbonyl (C=O) groups excluding carboxylic acids is 1. The number of nitrogens with one attached hydrogen (secondary N) is 1. The van der Waals surface area contributed by atoms with Crippen LogP contribution >= 0.6 is 0 Å². The van der Waals surface area contributed by atoms with Crippen molar-refractivity contribution in [2.45, 2.75) is 17.7 Å². The van der Waals surface area contributed by atoms with Gasteiger partial charge in [0, 0.05) is 25.7 Å². The molecule has 2 aromatic rings. The number of hydrogen-bond donors (Lipinski definition) is 1. The van der Waals surface area contributed by atoms with E-state index in [-0.39, 0.29) is 16.7 Å². The lowest BCUT2D eigenvalue weighted by Gasteiger charge is -2.26. The highest BCUT2D eigenvalue weighted by Gasteiger charge is 2.25. The van der Waals surface area contributed by atoms with Gasteiger partial charge in [0.15, 0.2) is 0 Å². The molecule has 7 heteroatoms. The zero-order valence-electron chi connectivity index (χ0n) is 16.5. The molecule has 1 atom stereocenters. The van der Waals surface area contributed by atoms with Gasteiger partial charge in [-0.2, -0.15) is 4.31 Å². The number of carbonyl (C=O) groups is 1. The van der Waals surface area contributed by atoms with E-state index in [4.69, 9.17) is 4.74 Å². The van der Waals surface area contributed by atoms with Gasteiger partial charge in [-0.15, -0.1) is 0 Å². The maximum absolute atomic E-state index is 12.6. The smallest absolute Gasteiger partial charge is 0.244 e. The number of rotatable bonds is 7. The SMILES string of the molecule is CC(CNC(=O)C=Cc1ccc(S(=O)(=O)N2CCOCC2)cc1)c1ccccc1. The van der Waals surface area contributed by atoms with Crippen LogP contribution in [0.1, 0.15) is 24.0 Å². The van der Waals surface area contributed by atoms with Crippen LogP contribution in [0.15, 0.2) is 65.6 Å². The summed E-state index contributed by atoms with van der Waals surface area (Å²) in [5, 5.41) is 2.89. The molecule has 0 spiro atoms. The summed E-state index contributed by atoms with van der Waals surface area (Å²) in [7, 11) is -3.50. The van der Waals surface area contributed by atoms with Gasteiger partial charge in [0.1, 0.15) is 0 Å². The lowest BCUT2D eigenvalue weighted by molar-refractivity contribution is -0.116. The van der Waals surface area contributed by atoms with Crippen molar-refractivity contribution in [3.8, 4) is 0 Å². The fraction of sp³-hybridized carbons (Fsp3) is 0.318. The third-order valence-electron chi connectivity index (χ3n) is 4.87. The van der Waals surface area contributed by atoms with Crippen molar-refractivity contribution in [3.05, 3.63) is 71.8 Å². The van der Waals surface area contributed by atoms with Gasteiger partial charge in [0.25, 0.3) is 0 Å². The van der Waals surface area contributed by atoms with E-state index in [1.807, 2.05) is 30.3 Å².